The molecule has 0 bridgehead atoms. The Morgan fingerprint density at radius 2 is 2.00 bits per heavy atom. The largest absolute Gasteiger partial charge is 0.495 e. The molecule has 1 aromatic carbocycles. The quantitative estimate of drug-likeness (QED) is 0.875. The highest BCUT2D eigenvalue weighted by Crippen LogP contribution is 2.18. The van der Waals surface area contributed by atoms with E-state index in [1.165, 1.54) is 0 Å². The highest BCUT2D eigenvalue weighted by molar-refractivity contribution is 5.32. The number of nitrogens with two attached hydrogens (primary N) is 1. The Morgan fingerprint density at radius 3 is 2.67 bits per heavy atom. The molecule has 2 aromatic rings. The van der Waals surface area contributed by atoms with Gasteiger partial charge in [-0.15, -0.1) is 0 Å². The van der Waals surface area contributed by atoms with Crippen LogP contribution in [0.2, 0.25) is 0 Å². The molecule has 0 aliphatic rings. The zero-order valence-corrected chi connectivity index (χ0v) is 10.3. The van der Waals surface area contributed by atoms with Crippen LogP contribution in [0.5, 0.6) is 11.5 Å². The number of methoxy groups -OCH3 is 1. The smallest absolute Gasteiger partial charge is 0.141 e. The van der Waals surface area contributed by atoms with E-state index in [0.29, 0.717) is 18.9 Å². The van der Waals surface area contributed by atoms with Gasteiger partial charge < -0.3 is 15.2 Å². The van der Waals surface area contributed by atoms with Crippen LogP contribution in [-0.2, 0) is 13.2 Å². The normalized spacial score (nSPS) is 10.1. The minimum atomic E-state index is 0.418. The molecular weight excluding hydrogens is 228 g/mol. The molecule has 0 aliphatic carbocycles. The summed E-state index contributed by atoms with van der Waals surface area (Å²) in [6.07, 6.45) is 1.67. The lowest BCUT2D eigenvalue weighted by Crippen LogP contribution is -2.04. The number of hydrogen-bond acceptors (Lipinski definition) is 4. The van der Waals surface area contributed by atoms with Crippen molar-refractivity contribution in [3.63, 3.8) is 0 Å². The predicted octanol–water partition coefficient (Wildman–Crippen LogP) is 2.13. The molecule has 0 radical (unpaired) electrons. The molecular formula is C14H16N2O2. The van der Waals surface area contributed by atoms with E-state index in [2.05, 4.69) is 4.98 Å². The molecule has 0 unspecified atom stereocenters. The maximum Gasteiger partial charge on any atom is 0.141 e. The topological polar surface area (TPSA) is 57.4 Å². The molecule has 94 valence electrons. The average molecular weight is 244 g/mol. The van der Waals surface area contributed by atoms with Gasteiger partial charge in [0.2, 0.25) is 0 Å². The van der Waals surface area contributed by atoms with E-state index in [1.54, 1.807) is 13.3 Å². The Balaban J connectivity index is 2.06. The summed E-state index contributed by atoms with van der Waals surface area (Å²) >= 11 is 0. The van der Waals surface area contributed by atoms with Crippen molar-refractivity contribution >= 4 is 0 Å². The third kappa shape index (κ3) is 2.99. The van der Waals surface area contributed by atoms with E-state index in [1.807, 2.05) is 36.4 Å². The molecule has 0 spiro atoms. The first-order valence-electron chi connectivity index (χ1n) is 5.73. The third-order valence-electron chi connectivity index (χ3n) is 2.57. The van der Waals surface area contributed by atoms with Gasteiger partial charge in [-0.1, -0.05) is 18.2 Å². The average Bonchev–Trinajstić information content (AvgIpc) is 2.45. The fourth-order valence-corrected chi connectivity index (χ4v) is 1.63. The highest BCUT2D eigenvalue weighted by atomic mass is 16.5. The summed E-state index contributed by atoms with van der Waals surface area (Å²) < 4.78 is 10.8. The van der Waals surface area contributed by atoms with Crippen molar-refractivity contribution in [3.05, 3.63) is 53.9 Å². The molecule has 0 fully saturated rings. The zero-order valence-electron chi connectivity index (χ0n) is 10.3. The van der Waals surface area contributed by atoms with Crippen LogP contribution >= 0.6 is 0 Å². The Labute approximate surface area is 106 Å². The van der Waals surface area contributed by atoms with E-state index >= 15 is 0 Å². The number of hydrogen-bond donors (Lipinski definition) is 1. The van der Waals surface area contributed by atoms with Crippen LogP contribution < -0.4 is 15.2 Å². The lowest BCUT2D eigenvalue weighted by atomic mass is 10.2. The number of aromatic nitrogens is 1. The minimum Gasteiger partial charge on any atom is -0.495 e. The Bertz CT molecular complexity index is 500. The molecule has 0 saturated heterocycles. The van der Waals surface area contributed by atoms with Gasteiger partial charge in [-0.2, -0.15) is 0 Å². The van der Waals surface area contributed by atoms with E-state index in [0.717, 1.165) is 17.0 Å². The van der Waals surface area contributed by atoms with Crippen LogP contribution in [0.1, 0.15) is 11.3 Å². The maximum absolute atomic E-state index is 5.65. The van der Waals surface area contributed by atoms with E-state index < -0.39 is 0 Å². The van der Waals surface area contributed by atoms with E-state index in [-0.39, 0.29) is 0 Å². The predicted molar refractivity (Wildman–Crippen MR) is 69.5 cm³/mol. The maximum atomic E-state index is 5.65. The second kappa shape index (κ2) is 6.02. The molecule has 2 N–H and O–H groups in total. The zero-order chi connectivity index (χ0) is 12.8. The lowest BCUT2D eigenvalue weighted by molar-refractivity contribution is 0.300. The van der Waals surface area contributed by atoms with E-state index in [9.17, 15) is 0 Å². The first-order chi connectivity index (χ1) is 8.83. The van der Waals surface area contributed by atoms with Crippen molar-refractivity contribution in [1.29, 1.82) is 0 Å². The Hall–Kier alpha value is -2.07. The van der Waals surface area contributed by atoms with Gasteiger partial charge in [0.05, 0.1) is 19.0 Å². The molecule has 18 heavy (non-hydrogen) atoms. The fraction of sp³-hybridized carbons (Fsp3) is 0.214. The molecule has 0 aliphatic heterocycles. The summed E-state index contributed by atoms with van der Waals surface area (Å²) in [7, 11) is 1.61. The number of nitrogens with zero attached hydrogens (tertiary/aromatic N) is 1. The number of rotatable bonds is 5. The van der Waals surface area contributed by atoms with E-state index in [4.69, 9.17) is 15.2 Å². The number of pyridine rings is 1. The Morgan fingerprint density at radius 1 is 1.22 bits per heavy atom. The van der Waals surface area contributed by atoms with Crippen LogP contribution in [0.3, 0.4) is 0 Å². The molecule has 2 rings (SSSR count). The highest BCUT2D eigenvalue weighted by Gasteiger charge is 2.04. The lowest BCUT2D eigenvalue weighted by Gasteiger charge is -2.09. The van der Waals surface area contributed by atoms with Crippen molar-refractivity contribution in [3.8, 4) is 11.5 Å². The van der Waals surface area contributed by atoms with Gasteiger partial charge in [0.1, 0.15) is 18.1 Å². The van der Waals surface area contributed by atoms with Crippen molar-refractivity contribution in [2.45, 2.75) is 13.2 Å². The van der Waals surface area contributed by atoms with Crippen LogP contribution in [-0.4, -0.2) is 12.1 Å². The first-order valence-corrected chi connectivity index (χ1v) is 5.73. The summed E-state index contributed by atoms with van der Waals surface area (Å²) in [6.45, 7) is 0.838. The monoisotopic (exact) mass is 244 g/mol. The molecule has 0 amide bonds. The Kier molecular flexibility index (Phi) is 4.15. The number of para-hydroxylation sites is 1. The van der Waals surface area contributed by atoms with Gasteiger partial charge in [0.15, 0.2) is 0 Å². The van der Waals surface area contributed by atoms with Crippen LogP contribution in [0, 0.1) is 0 Å². The van der Waals surface area contributed by atoms with Gasteiger partial charge in [-0.05, 0) is 18.2 Å². The van der Waals surface area contributed by atoms with Crippen molar-refractivity contribution in [2.75, 3.05) is 7.11 Å². The van der Waals surface area contributed by atoms with Gasteiger partial charge >= 0.3 is 0 Å². The van der Waals surface area contributed by atoms with Crippen molar-refractivity contribution < 1.29 is 9.47 Å². The SMILES string of the molecule is COc1cnc(COc2ccccc2)cc1CN. The molecule has 0 atom stereocenters. The summed E-state index contributed by atoms with van der Waals surface area (Å²) in [4.78, 5) is 4.27. The molecule has 4 heteroatoms. The van der Waals surface area contributed by atoms with Gasteiger partial charge in [0.25, 0.3) is 0 Å². The summed E-state index contributed by atoms with van der Waals surface area (Å²) in [5, 5.41) is 0. The second-order valence-electron chi connectivity index (χ2n) is 3.79. The van der Waals surface area contributed by atoms with Crippen LogP contribution in [0.25, 0.3) is 0 Å². The van der Waals surface area contributed by atoms with Gasteiger partial charge in [-0.3, -0.25) is 4.98 Å². The standard InChI is InChI=1S/C14H16N2O2/c1-17-14-9-16-12(7-11(14)8-15)10-18-13-5-3-2-4-6-13/h2-7,9H,8,10,15H2,1H3. The number of ether oxygens (including phenoxy) is 2. The fourth-order valence-electron chi connectivity index (χ4n) is 1.63. The van der Waals surface area contributed by atoms with Gasteiger partial charge in [0, 0.05) is 12.1 Å². The summed E-state index contributed by atoms with van der Waals surface area (Å²) in [6, 6.07) is 11.5. The molecule has 1 heterocycles. The van der Waals surface area contributed by atoms with Crippen molar-refractivity contribution in [1.82, 2.24) is 4.98 Å². The molecule has 1 aromatic heterocycles. The van der Waals surface area contributed by atoms with Crippen LogP contribution in [0.15, 0.2) is 42.6 Å². The third-order valence-corrected chi connectivity index (χ3v) is 2.57. The number of benzene rings is 1. The first kappa shape index (κ1) is 12.4. The van der Waals surface area contributed by atoms with Crippen molar-refractivity contribution in [2.24, 2.45) is 5.73 Å². The van der Waals surface area contributed by atoms with Gasteiger partial charge in [-0.25, -0.2) is 0 Å². The second-order valence-corrected chi connectivity index (χ2v) is 3.79. The summed E-state index contributed by atoms with van der Waals surface area (Å²) in [5.41, 5.74) is 7.42. The molecule has 4 nitrogen and oxygen atoms in total. The molecule has 0 saturated carbocycles. The van der Waals surface area contributed by atoms with Crippen LogP contribution in [0.4, 0.5) is 0 Å². The summed E-state index contributed by atoms with van der Waals surface area (Å²) in [5.74, 6) is 1.53. The minimum absolute atomic E-state index is 0.418.